The van der Waals surface area contributed by atoms with Crippen molar-refractivity contribution in [1.29, 1.82) is 0 Å². The molecule has 0 aromatic heterocycles. The van der Waals surface area contributed by atoms with E-state index in [0.717, 1.165) is 11.1 Å². The molecule has 3 nitrogen and oxygen atoms in total. The van der Waals surface area contributed by atoms with Gasteiger partial charge in [-0.1, -0.05) is 75.4 Å². The fourth-order valence-electron chi connectivity index (χ4n) is 2.69. The Kier molecular flexibility index (Phi) is 6.25. The molecule has 1 atom stereocenters. The van der Waals surface area contributed by atoms with Crippen LogP contribution in [0.15, 0.2) is 54.6 Å². The van der Waals surface area contributed by atoms with Gasteiger partial charge in [0.15, 0.2) is 0 Å². The topological polar surface area (TPSA) is 38.3 Å². The predicted molar refractivity (Wildman–Crippen MR) is 107 cm³/mol. The summed E-state index contributed by atoms with van der Waals surface area (Å²) in [5, 5.41) is 3.36. The van der Waals surface area contributed by atoms with Gasteiger partial charge in [-0.05, 0) is 42.9 Å². The Balaban J connectivity index is 2.13. The van der Waals surface area contributed by atoms with Crippen molar-refractivity contribution in [3.05, 3.63) is 71.3 Å². The lowest BCUT2D eigenvalue weighted by Gasteiger charge is -2.25. The van der Waals surface area contributed by atoms with Crippen LogP contribution in [0.5, 0.6) is 0 Å². The van der Waals surface area contributed by atoms with Crippen molar-refractivity contribution in [2.45, 2.75) is 65.1 Å². The van der Waals surface area contributed by atoms with E-state index in [-0.39, 0.29) is 11.4 Å². The van der Waals surface area contributed by atoms with Gasteiger partial charge in [0.1, 0.15) is 11.6 Å². The Hall–Kier alpha value is -2.13. The van der Waals surface area contributed by atoms with Crippen LogP contribution in [0.2, 0.25) is 0 Å². The van der Waals surface area contributed by atoms with E-state index in [1.807, 2.05) is 51.1 Å². The van der Waals surface area contributed by atoms with Gasteiger partial charge in [0.2, 0.25) is 0 Å². The molecule has 0 aliphatic carbocycles. The van der Waals surface area contributed by atoms with Crippen molar-refractivity contribution in [1.82, 2.24) is 5.32 Å². The summed E-state index contributed by atoms with van der Waals surface area (Å²) in [6, 6.07) is 17.8. The lowest BCUT2D eigenvalue weighted by Crippen LogP contribution is -2.34. The van der Waals surface area contributed by atoms with Gasteiger partial charge >= 0.3 is 5.97 Å². The summed E-state index contributed by atoms with van der Waals surface area (Å²) in [6.07, 6.45) is 0. The van der Waals surface area contributed by atoms with Crippen LogP contribution in [-0.4, -0.2) is 11.6 Å². The van der Waals surface area contributed by atoms with Gasteiger partial charge in [-0.15, -0.1) is 0 Å². The summed E-state index contributed by atoms with van der Waals surface area (Å²) in [7, 11) is 0. The average Bonchev–Trinajstić information content (AvgIpc) is 2.54. The minimum absolute atomic E-state index is 0.134. The van der Waals surface area contributed by atoms with Crippen molar-refractivity contribution in [2.75, 3.05) is 0 Å². The molecular formula is C23H31NO2. The van der Waals surface area contributed by atoms with Crippen molar-refractivity contribution >= 4 is 5.97 Å². The maximum absolute atomic E-state index is 12.7. The Bertz CT molecular complexity index is 707. The number of benzene rings is 2. The monoisotopic (exact) mass is 353 g/mol. The first-order valence-corrected chi connectivity index (χ1v) is 9.17. The summed E-state index contributed by atoms with van der Waals surface area (Å²) in [4.78, 5) is 12.7. The predicted octanol–water partition coefficient (Wildman–Crippen LogP) is 5.16. The second kappa shape index (κ2) is 8.05. The highest BCUT2D eigenvalue weighted by Gasteiger charge is 2.26. The molecule has 0 radical (unpaired) electrons. The third-order valence-corrected chi connectivity index (χ3v) is 4.11. The molecule has 0 saturated heterocycles. The fraction of sp³-hybridized carbons (Fsp3) is 0.435. The third kappa shape index (κ3) is 5.99. The zero-order valence-electron chi connectivity index (χ0n) is 16.8. The maximum atomic E-state index is 12.7. The quantitative estimate of drug-likeness (QED) is 0.755. The summed E-state index contributed by atoms with van der Waals surface area (Å²) in [6.45, 7) is 12.9. The van der Waals surface area contributed by atoms with E-state index in [2.05, 4.69) is 50.4 Å². The molecule has 2 aromatic carbocycles. The van der Waals surface area contributed by atoms with Crippen LogP contribution in [0.25, 0.3) is 0 Å². The second-order valence-electron chi connectivity index (χ2n) is 8.70. The van der Waals surface area contributed by atoms with E-state index in [1.165, 1.54) is 5.56 Å². The van der Waals surface area contributed by atoms with Gasteiger partial charge in [-0.25, -0.2) is 4.79 Å². The first-order valence-electron chi connectivity index (χ1n) is 9.17. The minimum Gasteiger partial charge on any atom is -0.459 e. The zero-order valence-corrected chi connectivity index (χ0v) is 16.8. The van der Waals surface area contributed by atoms with Gasteiger partial charge in [0, 0.05) is 6.54 Å². The standard InChI is InChI=1S/C23H31NO2/c1-22(2,3)19-14-12-17(13-15-19)16-24-20(18-10-8-7-9-11-18)21(25)26-23(4,5)6/h7-15,20,24H,16H2,1-6H3. The molecule has 0 spiro atoms. The van der Waals surface area contributed by atoms with E-state index in [0.29, 0.717) is 6.54 Å². The van der Waals surface area contributed by atoms with Crippen LogP contribution in [0.3, 0.4) is 0 Å². The van der Waals surface area contributed by atoms with E-state index in [4.69, 9.17) is 4.74 Å². The SMILES string of the molecule is CC(C)(C)OC(=O)C(NCc1ccc(C(C)(C)C)cc1)c1ccccc1. The van der Waals surface area contributed by atoms with Gasteiger partial charge in [-0.2, -0.15) is 0 Å². The Morgan fingerprint density at radius 1 is 0.923 bits per heavy atom. The summed E-state index contributed by atoms with van der Waals surface area (Å²) >= 11 is 0. The number of esters is 1. The molecule has 0 aliphatic heterocycles. The Morgan fingerprint density at radius 2 is 1.50 bits per heavy atom. The zero-order chi connectivity index (χ0) is 19.4. The molecule has 3 heteroatoms. The molecule has 0 amide bonds. The normalized spacial score (nSPS) is 13.3. The van der Waals surface area contributed by atoms with Crippen molar-refractivity contribution in [2.24, 2.45) is 0 Å². The lowest BCUT2D eigenvalue weighted by atomic mass is 9.87. The minimum atomic E-state index is -0.514. The first kappa shape index (κ1) is 20.2. The number of carbonyl (C=O) groups is 1. The molecule has 0 saturated carbocycles. The highest BCUT2D eigenvalue weighted by atomic mass is 16.6. The van der Waals surface area contributed by atoms with Crippen LogP contribution in [0, 0.1) is 0 Å². The smallest absolute Gasteiger partial charge is 0.328 e. The largest absolute Gasteiger partial charge is 0.459 e. The molecule has 1 unspecified atom stereocenters. The molecule has 1 N–H and O–H groups in total. The van der Waals surface area contributed by atoms with Crippen LogP contribution >= 0.6 is 0 Å². The van der Waals surface area contributed by atoms with Crippen LogP contribution in [0.1, 0.15) is 64.3 Å². The number of hydrogen-bond donors (Lipinski definition) is 1. The number of ether oxygens (including phenoxy) is 1. The van der Waals surface area contributed by atoms with E-state index in [1.54, 1.807) is 0 Å². The van der Waals surface area contributed by atoms with Crippen molar-refractivity contribution in [3.63, 3.8) is 0 Å². The molecule has 140 valence electrons. The van der Waals surface area contributed by atoms with Gasteiger partial charge < -0.3 is 4.74 Å². The Labute approximate surface area is 157 Å². The Morgan fingerprint density at radius 3 is 2.00 bits per heavy atom. The summed E-state index contributed by atoms with van der Waals surface area (Å²) < 4.78 is 5.61. The molecule has 0 fully saturated rings. The van der Waals surface area contributed by atoms with Gasteiger partial charge in [0.05, 0.1) is 0 Å². The van der Waals surface area contributed by atoms with Gasteiger partial charge in [-0.3, -0.25) is 5.32 Å². The van der Waals surface area contributed by atoms with E-state index in [9.17, 15) is 4.79 Å². The fourth-order valence-corrected chi connectivity index (χ4v) is 2.69. The van der Waals surface area contributed by atoms with Crippen molar-refractivity contribution < 1.29 is 9.53 Å². The van der Waals surface area contributed by atoms with Gasteiger partial charge in [0.25, 0.3) is 0 Å². The first-order chi connectivity index (χ1) is 12.1. The molecule has 0 heterocycles. The van der Waals surface area contributed by atoms with Crippen LogP contribution < -0.4 is 5.32 Å². The number of hydrogen-bond acceptors (Lipinski definition) is 3. The molecule has 2 rings (SSSR count). The van der Waals surface area contributed by atoms with Crippen molar-refractivity contribution in [3.8, 4) is 0 Å². The van der Waals surface area contributed by atoms with E-state index >= 15 is 0 Å². The van der Waals surface area contributed by atoms with Crippen LogP contribution in [0.4, 0.5) is 0 Å². The maximum Gasteiger partial charge on any atom is 0.328 e. The molecule has 0 bridgehead atoms. The third-order valence-electron chi connectivity index (χ3n) is 4.11. The molecular weight excluding hydrogens is 322 g/mol. The lowest BCUT2D eigenvalue weighted by molar-refractivity contribution is -0.157. The number of rotatable bonds is 5. The molecule has 0 aliphatic rings. The second-order valence-corrected chi connectivity index (χ2v) is 8.70. The van der Waals surface area contributed by atoms with E-state index < -0.39 is 11.6 Å². The average molecular weight is 354 g/mol. The number of nitrogens with one attached hydrogen (secondary N) is 1. The summed E-state index contributed by atoms with van der Waals surface area (Å²) in [5.74, 6) is -0.255. The highest BCUT2D eigenvalue weighted by Crippen LogP contribution is 2.23. The highest BCUT2D eigenvalue weighted by molar-refractivity contribution is 5.78. The summed E-state index contributed by atoms with van der Waals surface area (Å²) in [5.41, 5.74) is 2.97. The molecule has 2 aromatic rings. The van der Waals surface area contributed by atoms with Crippen LogP contribution in [-0.2, 0) is 21.5 Å². The molecule has 26 heavy (non-hydrogen) atoms. The number of carbonyl (C=O) groups excluding carboxylic acids is 1.